The van der Waals surface area contributed by atoms with Crippen molar-refractivity contribution in [3.63, 3.8) is 0 Å². The quantitative estimate of drug-likeness (QED) is 0.619. The standard InChI is InChI=1S/C12H12O4/c1-9-4-2-3-5-10(9)8-16-12(15)7-6-11(13)14/h2-7H,8H2,1H3,(H,13,14)/b7-6-. The van der Waals surface area contributed by atoms with Crippen LogP contribution in [0.15, 0.2) is 36.4 Å². The van der Waals surface area contributed by atoms with E-state index in [1.54, 1.807) is 0 Å². The second kappa shape index (κ2) is 5.70. The van der Waals surface area contributed by atoms with Crippen molar-refractivity contribution in [2.75, 3.05) is 0 Å². The number of aliphatic carboxylic acids is 1. The fraction of sp³-hybridized carbons (Fsp3) is 0.167. The maximum atomic E-state index is 11.1. The average Bonchev–Trinajstić information content (AvgIpc) is 2.25. The van der Waals surface area contributed by atoms with E-state index < -0.39 is 11.9 Å². The highest BCUT2D eigenvalue weighted by molar-refractivity contribution is 5.90. The van der Waals surface area contributed by atoms with Crippen LogP contribution in [0.3, 0.4) is 0 Å². The molecule has 0 radical (unpaired) electrons. The molecular formula is C12H12O4. The van der Waals surface area contributed by atoms with Crippen LogP contribution in [-0.2, 0) is 20.9 Å². The Labute approximate surface area is 93.2 Å². The molecule has 0 aliphatic rings. The van der Waals surface area contributed by atoms with E-state index in [4.69, 9.17) is 9.84 Å². The number of benzene rings is 1. The third-order valence-electron chi connectivity index (χ3n) is 1.99. The highest BCUT2D eigenvalue weighted by Crippen LogP contribution is 2.08. The molecule has 0 aromatic heterocycles. The molecule has 0 amide bonds. The first-order chi connectivity index (χ1) is 7.59. The Kier molecular flexibility index (Phi) is 4.27. The first-order valence-electron chi connectivity index (χ1n) is 4.72. The predicted octanol–water partition coefficient (Wildman–Crippen LogP) is 1.68. The Morgan fingerprint density at radius 2 is 2.00 bits per heavy atom. The molecule has 0 spiro atoms. The van der Waals surface area contributed by atoms with E-state index in [0.717, 1.165) is 23.3 Å². The number of carboxylic acid groups (broad SMARTS) is 1. The summed E-state index contributed by atoms with van der Waals surface area (Å²) in [6, 6.07) is 7.51. The molecule has 4 nitrogen and oxygen atoms in total. The Morgan fingerprint density at radius 1 is 1.31 bits per heavy atom. The SMILES string of the molecule is Cc1ccccc1COC(=O)/C=C\C(=O)O. The van der Waals surface area contributed by atoms with E-state index in [2.05, 4.69) is 0 Å². The number of carboxylic acids is 1. The first-order valence-corrected chi connectivity index (χ1v) is 4.72. The van der Waals surface area contributed by atoms with E-state index >= 15 is 0 Å². The van der Waals surface area contributed by atoms with Gasteiger partial charge in [-0.1, -0.05) is 24.3 Å². The molecule has 1 aromatic carbocycles. The van der Waals surface area contributed by atoms with Gasteiger partial charge in [0.2, 0.25) is 0 Å². The average molecular weight is 220 g/mol. The van der Waals surface area contributed by atoms with Gasteiger partial charge >= 0.3 is 11.9 Å². The molecule has 0 unspecified atom stereocenters. The van der Waals surface area contributed by atoms with Crippen LogP contribution in [0, 0.1) is 6.92 Å². The van der Waals surface area contributed by atoms with E-state index in [9.17, 15) is 9.59 Å². The molecule has 16 heavy (non-hydrogen) atoms. The van der Waals surface area contributed by atoms with Crippen LogP contribution in [0.5, 0.6) is 0 Å². The van der Waals surface area contributed by atoms with E-state index in [0.29, 0.717) is 0 Å². The largest absolute Gasteiger partial charge is 0.478 e. The summed E-state index contributed by atoms with van der Waals surface area (Å²) >= 11 is 0. The number of ether oxygens (including phenoxy) is 1. The van der Waals surface area contributed by atoms with Crippen molar-refractivity contribution in [3.05, 3.63) is 47.5 Å². The molecule has 0 atom stereocenters. The van der Waals surface area contributed by atoms with Gasteiger partial charge in [-0.15, -0.1) is 0 Å². The van der Waals surface area contributed by atoms with Crippen molar-refractivity contribution in [1.82, 2.24) is 0 Å². The molecule has 4 heteroatoms. The van der Waals surface area contributed by atoms with Crippen LogP contribution < -0.4 is 0 Å². The minimum absolute atomic E-state index is 0.148. The zero-order valence-electron chi connectivity index (χ0n) is 8.84. The number of carbonyl (C=O) groups is 2. The van der Waals surface area contributed by atoms with Crippen LogP contribution in [0.25, 0.3) is 0 Å². The summed E-state index contributed by atoms with van der Waals surface area (Å²) in [5.74, 6) is -1.83. The summed E-state index contributed by atoms with van der Waals surface area (Å²) in [6.45, 7) is 2.06. The maximum absolute atomic E-state index is 11.1. The number of aryl methyl sites for hydroxylation is 1. The van der Waals surface area contributed by atoms with Crippen molar-refractivity contribution in [3.8, 4) is 0 Å². The normalized spacial score (nSPS) is 10.3. The number of hydrogen-bond acceptors (Lipinski definition) is 3. The van der Waals surface area contributed by atoms with Gasteiger partial charge in [-0.3, -0.25) is 0 Å². The Balaban J connectivity index is 2.49. The van der Waals surface area contributed by atoms with Crippen molar-refractivity contribution >= 4 is 11.9 Å². The minimum Gasteiger partial charge on any atom is -0.478 e. The minimum atomic E-state index is -1.17. The molecule has 0 fully saturated rings. The molecule has 0 aliphatic carbocycles. The lowest BCUT2D eigenvalue weighted by Crippen LogP contribution is -2.03. The molecule has 0 aliphatic heterocycles. The zero-order chi connectivity index (χ0) is 12.0. The van der Waals surface area contributed by atoms with Crippen LogP contribution in [0.4, 0.5) is 0 Å². The molecule has 0 saturated heterocycles. The first kappa shape index (κ1) is 12.0. The van der Waals surface area contributed by atoms with E-state index in [1.165, 1.54) is 0 Å². The third-order valence-corrected chi connectivity index (χ3v) is 1.99. The Bertz CT molecular complexity index is 421. The summed E-state index contributed by atoms with van der Waals surface area (Å²) in [6.07, 6.45) is 1.64. The molecule has 1 N–H and O–H groups in total. The van der Waals surface area contributed by atoms with Crippen LogP contribution in [0.1, 0.15) is 11.1 Å². The Hall–Kier alpha value is -2.10. The topological polar surface area (TPSA) is 63.6 Å². The summed E-state index contributed by atoms with van der Waals surface area (Å²) in [5.41, 5.74) is 1.93. The van der Waals surface area contributed by atoms with Gasteiger partial charge in [0.05, 0.1) is 0 Å². The summed E-state index contributed by atoms with van der Waals surface area (Å²) in [7, 11) is 0. The van der Waals surface area contributed by atoms with Gasteiger partial charge in [0.25, 0.3) is 0 Å². The molecule has 84 valence electrons. The summed E-state index contributed by atoms with van der Waals surface area (Å²) < 4.78 is 4.87. The number of esters is 1. The molecular weight excluding hydrogens is 208 g/mol. The van der Waals surface area contributed by atoms with Gasteiger partial charge in [-0.2, -0.15) is 0 Å². The van der Waals surface area contributed by atoms with E-state index in [-0.39, 0.29) is 6.61 Å². The van der Waals surface area contributed by atoms with Crippen molar-refractivity contribution in [2.45, 2.75) is 13.5 Å². The monoisotopic (exact) mass is 220 g/mol. The fourth-order valence-electron chi connectivity index (χ4n) is 1.11. The van der Waals surface area contributed by atoms with E-state index in [1.807, 2.05) is 31.2 Å². The Morgan fingerprint density at radius 3 is 2.62 bits per heavy atom. The molecule has 0 saturated carbocycles. The smallest absolute Gasteiger partial charge is 0.331 e. The van der Waals surface area contributed by atoms with Crippen LogP contribution >= 0.6 is 0 Å². The van der Waals surface area contributed by atoms with Gasteiger partial charge in [-0.05, 0) is 18.1 Å². The number of carbonyl (C=O) groups excluding carboxylic acids is 1. The van der Waals surface area contributed by atoms with Gasteiger partial charge in [0.1, 0.15) is 6.61 Å². The highest BCUT2D eigenvalue weighted by Gasteiger charge is 2.01. The lowest BCUT2D eigenvalue weighted by molar-refractivity contribution is -0.139. The number of hydrogen-bond donors (Lipinski definition) is 1. The second-order valence-electron chi connectivity index (χ2n) is 3.21. The summed E-state index contributed by atoms with van der Waals surface area (Å²) in [4.78, 5) is 21.2. The lowest BCUT2D eigenvalue weighted by Gasteiger charge is -2.04. The maximum Gasteiger partial charge on any atom is 0.331 e. The third kappa shape index (κ3) is 3.96. The predicted molar refractivity (Wildman–Crippen MR) is 57.8 cm³/mol. The molecule has 0 bridgehead atoms. The zero-order valence-corrected chi connectivity index (χ0v) is 8.84. The molecule has 1 aromatic rings. The van der Waals surface area contributed by atoms with Crippen LogP contribution in [-0.4, -0.2) is 17.0 Å². The molecule has 0 heterocycles. The fourth-order valence-corrected chi connectivity index (χ4v) is 1.11. The van der Waals surface area contributed by atoms with Crippen molar-refractivity contribution in [2.24, 2.45) is 0 Å². The highest BCUT2D eigenvalue weighted by atomic mass is 16.5. The van der Waals surface area contributed by atoms with Crippen molar-refractivity contribution in [1.29, 1.82) is 0 Å². The molecule has 1 rings (SSSR count). The summed E-state index contributed by atoms with van der Waals surface area (Å²) in [5, 5.41) is 8.30. The van der Waals surface area contributed by atoms with Gasteiger partial charge in [-0.25, -0.2) is 9.59 Å². The second-order valence-corrected chi connectivity index (χ2v) is 3.21. The van der Waals surface area contributed by atoms with Crippen molar-refractivity contribution < 1.29 is 19.4 Å². The van der Waals surface area contributed by atoms with Gasteiger partial charge in [0.15, 0.2) is 0 Å². The van der Waals surface area contributed by atoms with Gasteiger partial charge < -0.3 is 9.84 Å². The van der Waals surface area contributed by atoms with Gasteiger partial charge in [0, 0.05) is 12.2 Å². The lowest BCUT2D eigenvalue weighted by atomic mass is 10.1. The number of rotatable bonds is 4. The van der Waals surface area contributed by atoms with Crippen LogP contribution in [0.2, 0.25) is 0 Å².